The second-order valence-electron chi connectivity index (χ2n) is 7.69. The summed E-state index contributed by atoms with van der Waals surface area (Å²) in [7, 11) is 0. The minimum absolute atomic E-state index is 0.165. The molecule has 0 aromatic heterocycles. The molecule has 10 nitrogen and oxygen atoms in total. The number of fused-ring (bicyclic) bond motifs is 1. The first-order valence-electron chi connectivity index (χ1n) is 10.0. The first-order valence-corrected chi connectivity index (χ1v) is 10.0. The Hall–Kier alpha value is -4.44. The van der Waals surface area contributed by atoms with Gasteiger partial charge in [0.1, 0.15) is 5.92 Å². The Morgan fingerprint density at radius 2 is 1.55 bits per heavy atom. The second kappa shape index (κ2) is 7.61. The van der Waals surface area contributed by atoms with Crippen molar-refractivity contribution in [3.8, 4) is 11.5 Å². The average Bonchev–Trinajstić information content (AvgIpc) is 3.32. The number of phenols is 2. The van der Waals surface area contributed by atoms with Crippen LogP contribution in [0.1, 0.15) is 11.6 Å². The predicted molar refractivity (Wildman–Crippen MR) is 115 cm³/mol. The number of hydrogen-bond acceptors (Lipinski definition) is 8. The number of hydrogen-bond donors (Lipinski definition) is 2. The van der Waals surface area contributed by atoms with Crippen LogP contribution < -0.4 is 9.96 Å². The van der Waals surface area contributed by atoms with E-state index in [-0.39, 0.29) is 22.9 Å². The molecule has 3 aromatic rings. The molecular weight excluding hydrogens is 430 g/mol. The van der Waals surface area contributed by atoms with Crippen LogP contribution in [-0.4, -0.2) is 33.1 Å². The van der Waals surface area contributed by atoms with Gasteiger partial charge in [-0.2, -0.15) is 0 Å². The maximum Gasteiger partial charge on any atom is 0.269 e. The van der Waals surface area contributed by atoms with E-state index in [1.54, 1.807) is 30.3 Å². The molecule has 2 aliphatic heterocycles. The molecule has 2 fully saturated rings. The summed E-state index contributed by atoms with van der Waals surface area (Å²) in [5.74, 6) is -2.76. The minimum atomic E-state index is -1.13. The number of imide groups is 1. The van der Waals surface area contributed by atoms with Crippen molar-refractivity contribution in [1.29, 1.82) is 0 Å². The molecule has 0 radical (unpaired) electrons. The third-order valence-corrected chi connectivity index (χ3v) is 5.79. The lowest BCUT2D eigenvalue weighted by atomic mass is 9.90. The summed E-state index contributed by atoms with van der Waals surface area (Å²) in [5.41, 5.74) is 1.11. The molecule has 33 heavy (non-hydrogen) atoms. The van der Waals surface area contributed by atoms with Crippen LogP contribution in [0.25, 0.3) is 0 Å². The predicted octanol–water partition coefficient (Wildman–Crippen LogP) is 3.06. The number of benzene rings is 3. The zero-order chi connectivity index (χ0) is 23.3. The fraction of sp³-hybridized carbons (Fsp3) is 0.130. The van der Waals surface area contributed by atoms with E-state index in [1.165, 1.54) is 41.5 Å². The fourth-order valence-corrected chi connectivity index (χ4v) is 4.25. The molecule has 3 aromatic carbocycles. The number of nitrogens with zero attached hydrogens (tertiary/aromatic N) is 3. The molecule has 2 saturated heterocycles. The van der Waals surface area contributed by atoms with E-state index in [0.29, 0.717) is 11.3 Å². The van der Waals surface area contributed by atoms with Gasteiger partial charge >= 0.3 is 0 Å². The van der Waals surface area contributed by atoms with Crippen LogP contribution in [-0.2, 0) is 14.4 Å². The number of para-hydroxylation sites is 1. The molecule has 5 rings (SSSR count). The summed E-state index contributed by atoms with van der Waals surface area (Å²) >= 11 is 0. The number of hydroxylamine groups is 1. The van der Waals surface area contributed by atoms with Crippen LogP contribution in [0.2, 0.25) is 0 Å². The van der Waals surface area contributed by atoms with Crippen LogP contribution in [0.15, 0.2) is 72.8 Å². The van der Waals surface area contributed by atoms with E-state index < -0.39 is 34.8 Å². The van der Waals surface area contributed by atoms with Crippen LogP contribution >= 0.6 is 0 Å². The maximum absolute atomic E-state index is 13.5. The van der Waals surface area contributed by atoms with Crippen molar-refractivity contribution in [3.63, 3.8) is 0 Å². The highest BCUT2D eigenvalue weighted by Gasteiger charge is 2.60. The number of carbonyl (C=O) groups is 2. The summed E-state index contributed by atoms with van der Waals surface area (Å²) in [6.45, 7) is 0. The van der Waals surface area contributed by atoms with E-state index in [0.717, 1.165) is 4.90 Å². The van der Waals surface area contributed by atoms with E-state index in [9.17, 15) is 29.9 Å². The summed E-state index contributed by atoms with van der Waals surface area (Å²) in [5, 5.41) is 32.2. The lowest BCUT2D eigenvalue weighted by molar-refractivity contribution is -0.384. The molecule has 0 bridgehead atoms. The van der Waals surface area contributed by atoms with Gasteiger partial charge in [0.25, 0.3) is 11.6 Å². The van der Waals surface area contributed by atoms with Gasteiger partial charge in [0.05, 0.1) is 22.3 Å². The highest BCUT2D eigenvalue weighted by Crippen LogP contribution is 2.48. The van der Waals surface area contributed by atoms with Crippen LogP contribution in [0.4, 0.5) is 17.1 Å². The number of phenolic OH excluding ortho intramolecular Hbond substituents is 2. The lowest BCUT2D eigenvalue weighted by Gasteiger charge is -2.28. The van der Waals surface area contributed by atoms with Crippen LogP contribution in [0.3, 0.4) is 0 Å². The monoisotopic (exact) mass is 447 g/mol. The molecule has 166 valence electrons. The number of non-ortho nitro benzene ring substituents is 1. The quantitative estimate of drug-likeness (QED) is 0.270. The normalized spacial score (nSPS) is 22.0. The van der Waals surface area contributed by atoms with Gasteiger partial charge in [0.15, 0.2) is 17.6 Å². The van der Waals surface area contributed by atoms with Crippen molar-refractivity contribution in [3.05, 3.63) is 88.5 Å². The van der Waals surface area contributed by atoms with Gasteiger partial charge in [0.2, 0.25) is 5.91 Å². The maximum atomic E-state index is 13.5. The van der Waals surface area contributed by atoms with Gasteiger partial charge in [0, 0.05) is 12.1 Å². The molecule has 0 spiro atoms. The van der Waals surface area contributed by atoms with Crippen LogP contribution in [0, 0.1) is 16.0 Å². The summed E-state index contributed by atoms with van der Waals surface area (Å²) in [6, 6.07) is 17.4. The van der Waals surface area contributed by atoms with Gasteiger partial charge in [-0.3, -0.25) is 24.5 Å². The van der Waals surface area contributed by atoms with E-state index in [4.69, 9.17) is 4.84 Å². The van der Waals surface area contributed by atoms with E-state index in [1.807, 2.05) is 6.07 Å². The summed E-state index contributed by atoms with van der Waals surface area (Å²) < 4.78 is 0. The Kier molecular flexibility index (Phi) is 4.72. The minimum Gasteiger partial charge on any atom is -0.504 e. The van der Waals surface area contributed by atoms with Crippen molar-refractivity contribution < 1.29 is 29.6 Å². The average molecular weight is 447 g/mol. The molecule has 0 saturated carbocycles. The number of amides is 2. The van der Waals surface area contributed by atoms with Crippen molar-refractivity contribution >= 4 is 28.9 Å². The molecule has 2 aliphatic rings. The van der Waals surface area contributed by atoms with Crippen molar-refractivity contribution in [2.75, 3.05) is 9.96 Å². The standard InChI is InChI=1S/C23H17N3O7/c27-17-11-6-13(12-18(17)28)20-19-21(33-25(20)15-4-2-1-3-5-15)23(30)24(22(19)29)14-7-9-16(10-8-14)26(31)32/h1-12,19-21,27-28H. The summed E-state index contributed by atoms with van der Waals surface area (Å²) in [6.07, 6.45) is -1.13. The topological polar surface area (TPSA) is 133 Å². The number of aromatic hydroxyl groups is 2. The van der Waals surface area contributed by atoms with E-state index in [2.05, 4.69) is 0 Å². The Balaban J connectivity index is 1.57. The smallest absolute Gasteiger partial charge is 0.269 e. The molecule has 3 unspecified atom stereocenters. The molecule has 10 heteroatoms. The summed E-state index contributed by atoms with van der Waals surface area (Å²) in [4.78, 5) is 44.0. The van der Waals surface area contributed by atoms with Gasteiger partial charge < -0.3 is 10.2 Å². The Bertz CT molecular complexity index is 1260. The number of anilines is 2. The van der Waals surface area contributed by atoms with Crippen molar-refractivity contribution in [1.82, 2.24) is 0 Å². The first-order chi connectivity index (χ1) is 15.9. The Morgan fingerprint density at radius 1 is 0.848 bits per heavy atom. The number of nitro groups is 1. The van der Waals surface area contributed by atoms with Gasteiger partial charge in [-0.25, -0.2) is 9.96 Å². The van der Waals surface area contributed by atoms with Gasteiger partial charge in [-0.15, -0.1) is 0 Å². The van der Waals surface area contributed by atoms with Crippen molar-refractivity contribution in [2.24, 2.45) is 5.92 Å². The SMILES string of the molecule is O=C1C2ON(c3ccccc3)C(c3ccc(O)c(O)c3)C2C(=O)N1c1ccc([N+](=O)[O-])cc1. The highest BCUT2D eigenvalue weighted by atomic mass is 16.7. The molecule has 0 aliphatic carbocycles. The third kappa shape index (κ3) is 3.24. The highest BCUT2D eigenvalue weighted by molar-refractivity contribution is 6.24. The van der Waals surface area contributed by atoms with Gasteiger partial charge in [-0.05, 0) is 42.0 Å². The number of rotatable bonds is 4. The van der Waals surface area contributed by atoms with Crippen molar-refractivity contribution in [2.45, 2.75) is 12.1 Å². The molecule has 2 heterocycles. The largest absolute Gasteiger partial charge is 0.504 e. The van der Waals surface area contributed by atoms with Gasteiger partial charge in [-0.1, -0.05) is 24.3 Å². The molecule has 3 atom stereocenters. The zero-order valence-corrected chi connectivity index (χ0v) is 16.9. The Labute approximate surface area is 187 Å². The Morgan fingerprint density at radius 3 is 2.18 bits per heavy atom. The first kappa shape index (κ1) is 20.5. The van der Waals surface area contributed by atoms with Crippen LogP contribution in [0.5, 0.6) is 11.5 Å². The number of carbonyl (C=O) groups excluding carboxylic acids is 2. The molecular formula is C23H17N3O7. The zero-order valence-electron chi connectivity index (χ0n) is 16.9. The number of nitro benzene ring substituents is 1. The molecule has 2 amide bonds. The van der Waals surface area contributed by atoms with E-state index >= 15 is 0 Å². The molecule has 2 N–H and O–H groups in total. The lowest BCUT2D eigenvalue weighted by Crippen LogP contribution is -2.37. The third-order valence-electron chi connectivity index (χ3n) is 5.79. The fourth-order valence-electron chi connectivity index (χ4n) is 4.25. The second-order valence-corrected chi connectivity index (χ2v) is 7.69.